The van der Waals surface area contributed by atoms with Crippen molar-refractivity contribution in [1.29, 1.82) is 0 Å². The molecule has 0 aromatic heterocycles. The number of ketones is 2. The molecule has 9 atom stereocenters. The van der Waals surface area contributed by atoms with E-state index in [0.29, 0.717) is 6.42 Å². The molecule has 0 heterocycles. The summed E-state index contributed by atoms with van der Waals surface area (Å²) in [5.74, 6) is -4.30. The van der Waals surface area contributed by atoms with E-state index in [-0.39, 0.29) is 24.3 Å². The summed E-state index contributed by atoms with van der Waals surface area (Å²) < 4.78 is 29.9. The molecule has 0 bridgehead atoms. The number of halogens is 2. The summed E-state index contributed by atoms with van der Waals surface area (Å²) in [7, 11) is 0. The zero-order valence-electron chi connectivity index (χ0n) is 16.9. The molecular formula is C22H28F2O5. The number of aliphatic hydroxyl groups excluding tert-OH is 2. The van der Waals surface area contributed by atoms with Crippen LogP contribution in [0.25, 0.3) is 0 Å². The first-order chi connectivity index (χ1) is 13.4. The van der Waals surface area contributed by atoms with Crippen molar-refractivity contribution < 1.29 is 33.7 Å². The summed E-state index contributed by atoms with van der Waals surface area (Å²) in [6, 6.07) is 0. The summed E-state index contributed by atoms with van der Waals surface area (Å²) >= 11 is 0. The number of fused-ring (bicyclic) bond motifs is 5. The van der Waals surface area contributed by atoms with E-state index in [4.69, 9.17) is 0 Å². The Hall–Kier alpha value is -1.44. The lowest BCUT2D eigenvalue weighted by Gasteiger charge is -2.60. The van der Waals surface area contributed by atoms with Crippen LogP contribution in [0.3, 0.4) is 0 Å². The van der Waals surface area contributed by atoms with Gasteiger partial charge in [0.15, 0.2) is 11.6 Å². The maximum Gasteiger partial charge on any atom is 0.213 e. The van der Waals surface area contributed by atoms with Gasteiger partial charge < -0.3 is 15.3 Å². The van der Waals surface area contributed by atoms with Crippen LogP contribution in [0.15, 0.2) is 23.6 Å². The molecule has 3 saturated carbocycles. The van der Waals surface area contributed by atoms with Gasteiger partial charge in [-0.1, -0.05) is 26.8 Å². The predicted molar refractivity (Wildman–Crippen MR) is 99.9 cm³/mol. The van der Waals surface area contributed by atoms with Crippen LogP contribution in [0.1, 0.15) is 40.0 Å². The predicted octanol–water partition coefficient (Wildman–Crippen LogP) is 2.05. The molecule has 0 saturated heterocycles. The van der Waals surface area contributed by atoms with Crippen LogP contribution < -0.4 is 0 Å². The topological polar surface area (TPSA) is 94.8 Å². The molecule has 5 nitrogen and oxygen atoms in total. The molecule has 160 valence electrons. The van der Waals surface area contributed by atoms with Gasteiger partial charge in [-0.15, -0.1) is 0 Å². The van der Waals surface area contributed by atoms with Crippen LogP contribution in [-0.2, 0) is 9.59 Å². The van der Waals surface area contributed by atoms with Crippen molar-refractivity contribution in [1.82, 2.24) is 0 Å². The highest BCUT2D eigenvalue weighted by Gasteiger charge is 2.71. The van der Waals surface area contributed by atoms with Gasteiger partial charge in [0.25, 0.3) is 0 Å². The Morgan fingerprint density at radius 3 is 2.59 bits per heavy atom. The minimum atomic E-state index is -1.81. The molecule has 4 aliphatic rings. The van der Waals surface area contributed by atoms with Gasteiger partial charge in [0.2, 0.25) is 5.78 Å². The molecule has 0 aromatic carbocycles. The maximum absolute atomic E-state index is 15.2. The Morgan fingerprint density at radius 2 is 1.97 bits per heavy atom. The van der Waals surface area contributed by atoms with E-state index in [1.165, 1.54) is 6.08 Å². The lowest BCUT2D eigenvalue weighted by atomic mass is 9.45. The van der Waals surface area contributed by atoms with Gasteiger partial charge in [0, 0.05) is 22.3 Å². The van der Waals surface area contributed by atoms with Crippen LogP contribution in [0, 0.1) is 34.5 Å². The Labute approximate surface area is 168 Å². The molecule has 3 N–H and O–H groups in total. The Bertz CT molecular complexity index is 837. The van der Waals surface area contributed by atoms with Gasteiger partial charge >= 0.3 is 0 Å². The molecule has 4 aliphatic carbocycles. The van der Waals surface area contributed by atoms with Crippen LogP contribution >= 0.6 is 0 Å². The van der Waals surface area contributed by atoms with E-state index in [0.717, 1.165) is 6.08 Å². The highest BCUT2D eigenvalue weighted by molar-refractivity contribution is 6.04. The van der Waals surface area contributed by atoms with Crippen molar-refractivity contribution in [3.8, 4) is 0 Å². The molecule has 3 fully saturated rings. The van der Waals surface area contributed by atoms with Gasteiger partial charge in [0.1, 0.15) is 18.4 Å². The van der Waals surface area contributed by atoms with Gasteiger partial charge in [0.05, 0.1) is 6.10 Å². The first-order valence-corrected chi connectivity index (χ1v) is 10.3. The number of aliphatic hydroxyl groups is 3. The molecule has 0 aliphatic heterocycles. The second-order valence-electron chi connectivity index (χ2n) is 9.88. The van der Waals surface area contributed by atoms with Crippen molar-refractivity contribution in [3.05, 3.63) is 23.6 Å². The third kappa shape index (κ3) is 2.35. The minimum absolute atomic E-state index is 0.0719. The standard InChI is InChI=1S/C22H28F2O5/c1-10-6-12-11-7-13(23)18-19(24)14(26)4-5-20(18,2)17(11)15(27)8-21(12,3)22(10,29)16(28)9-25/h4-5,10-13,15,17,25,27,29H,6-9H2,1-3H3/t10-,11-,12-,13-,15-,17+,20+,21-,22-/m0/s1. The average molecular weight is 410 g/mol. The highest BCUT2D eigenvalue weighted by Crippen LogP contribution is 2.68. The molecular weight excluding hydrogens is 382 g/mol. The first kappa shape index (κ1) is 20.8. The summed E-state index contributed by atoms with van der Waals surface area (Å²) in [5, 5.41) is 32.0. The monoisotopic (exact) mass is 410 g/mol. The Balaban J connectivity index is 1.83. The van der Waals surface area contributed by atoms with Gasteiger partial charge in [-0.25, -0.2) is 8.78 Å². The smallest absolute Gasteiger partial charge is 0.213 e. The number of carbonyl (C=O) groups excluding carboxylic acids is 2. The van der Waals surface area contributed by atoms with Crippen molar-refractivity contribution in [2.24, 2.45) is 34.5 Å². The lowest BCUT2D eigenvalue weighted by Crippen LogP contribution is -2.63. The Morgan fingerprint density at radius 1 is 1.31 bits per heavy atom. The fraction of sp³-hybridized carbons (Fsp3) is 0.727. The van der Waals surface area contributed by atoms with Crippen LogP contribution in [-0.4, -0.2) is 51.4 Å². The van der Waals surface area contributed by atoms with Crippen molar-refractivity contribution in [2.75, 3.05) is 6.61 Å². The SMILES string of the molecule is C[C@H]1C[C@H]2[C@@H]3C[C@H](F)C4=C(F)C(=O)C=C[C@]4(C)[C@H]3[C@@H](O)C[C@]2(C)[C@@]1(O)C(=O)CO. The highest BCUT2D eigenvalue weighted by atomic mass is 19.1. The second-order valence-corrected chi connectivity index (χ2v) is 9.88. The van der Waals surface area contributed by atoms with E-state index in [2.05, 4.69) is 0 Å². The van der Waals surface area contributed by atoms with E-state index in [9.17, 15) is 29.3 Å². The third-order valence-corrected chi connectivity index (χ3v) is 8.70. The fourth-order valence-electron chi connectivity index (χ4n) is 7.48. The third-order valence-electron chi connectivity index (χ3n) is 8.70. The lowest BCUT2D eigenvalue weighted by molar-refractivity contribution is -0.185. The van der Waals surface area contributed by atoms with Crippen LogP contribution in [0.2, 0.25) is 0 Å². The van der Waals surface area contributed by atoms with Crippen LogP contribution in [0.5, 0.6) is 0 Å². The quantitative estimate of drug-likeness (QED) is 0.648. The summed E-state index contributed by atoms with van der Waals surface area (Å²) in [5.41, 5.74) is -4.19. The number of Topliss-reactive ketones (excluding diaryl/α,β-unsaturated/α-hetero) is 1. The maximum atomic E-state index is 15.2. The zero-order valence-corrected chi connectivity index (χ0v) is 16.9. The number of rotatable bonds is 2. The number of carbonyl (C=O) groups is 2. The van der Waals surface area contributed by atoms with E-state index in [1.807, 2.05) is 0 Å². The zero-order chi connectivity index (χ0) is 21.5. The van der Waals surface area contributed by atoms with E-state index >= 15 is 4.39 Å². The number of alkyl halides is 1. The summed E-state index contributed by atoms with van der Waals surface area (Å²) in [4.78, 5) is 24.4. The van der Waals surface area contributed by atoms with E-state index in [1.54, 1.807) is 20.8 Å². The van der Waals surface area contributed by atoms with Gasteiger partial charge in [-0.2, -0.15) is 0 Å². The normalized spacial score (nSPS) is 51.5. The molecule has 0 radical (unpaired) electrons. The van der Waals surface area contributed by atoms with Crippen molar-refractivity contribution in [2.45, 2.75) is 57.9 Å². The van der Waals surface area contributed by atoms with E-state index < -0.39 is 70.5 Å². The molecule has 29 heavy (non-hydrogen) atoms. The van der Waals surface area contributed by atoms with Crippen molar-refractivity contribution >= 4 is 11.6 Å². The summed E-state index contributed by atoms with van der Waals surface area (Å²) in [6.07, 6.45) is 0.361. The fourth-order valence-corrected chi connectivity index (χ4v) is 7.48. The van der Waals surface area contributed by atoms with Crippen LogP contribution in [0.4, 0.5) is 8.78 Å². The molecule has 0 aromatic rings. The molecule has 7 heteroatoms. The summed E-state index contributed by atoms with van der Waals surface area (Å²) in [6.45, 7) is 4.32. The first-order valence-electron chi connectivity index (χ1n) is 10.3. The number of hydrogen-bond donors (Lipinski definition) is 3. The molecule has 0 amide bonds. The molecule has 0 spiro atoms. The average Bonchev–Trinajstić information content (AvgIpc) is 2.85. The van der Waals surface area contributed by atoms with Gasteiger partial charge in [-0.3, -0.25) is 9.59 Å². The number of hydrogen-bond acceptors (Lipinski definition) is 5. The number of allylic oxidation sites excluding steroid dienone is 4. The minimum Gasteiger partial charge on any atom is -0.393 e. The largest absolute Gasteiger partial charge is 0.393 e. The van der Waals surface area contributed by atoms with Gasteiger partial charge in [-0.05, 0) is 43.1 Å². The van der Waals surface area contributed by atoms with Crippen molar-refractivity contribution in [3.63, 3.8) is 0 Å². The molecule has 4 rings (SSSR count). The second kappa shape index (κ2) is 6.28. The molecule has 0 unspecified atom stereocenters. The Kier molecular flexibility index (Phi) is 4.51.